The van der Waals surface area contributed by atoms with Gasteiger partial charge >= 0.3 is 5.69 Å². The molecule has 0 unspecified atom stereocenters. The molecule has 19 heavy (non-hydrogen) atoms. The number of nitrogen functional groups attached to an aromatic ring is 1. The predicted octanol–water partition coefficient (Wildman–Crippen LogP) is 2.28. The van der Waals surface area contributed by atoms with E-state index in [4.69, 9.17) is 5.73 Å². The molecule has 0 saturated heterocycles. The minimum atomic E-state index is -0.481. The summed E-state index contributed by atoms with van der Waals surface area (Å²) in [5, 5.41) is 23.9. The second-order valence-electron chi connectivity index (χ2n) is 5.12. The summed E-state index contributed by atoms with van der Waals surface area (Å²) >= 11 is 0. The van der Waals surface area contributed by atoms with Crippen molar-refractivity contribution in [3.05, 3.63) is 28.3 Å². The van der Waals surface area contributed by atoms with Gasteiger partial charge in [-0.05, 0) is 25.0 Å². The quantitative estimate of drug-likeness (QED) is 0.440. The molecule has 0 heterocycles. The Morgan fingerprint density at radius 1 is 1.37 bits per heavy atom. The number of aliphatic hydroxyl groups is 1. The van der Waals surface area contributed by atoms with Crippen molar-refractivity contribution < 1.29 is 10.0 Å². The van der Waals surface area contributed by atoms with E-state index in [9.17, 15) is 15.2 Å². The number of nitro groups is 1. The van der Waals surface area contributed by atoms with Gasteiger partial charge in [-0.2, -0.15) is 0 Å². The molecule has 1 aliphatic rings. The fourth-order valence-electron chi connectivity index (χ4n) is 2.70. The highest BCUT2D eigenvalue weighted by molar-refractivity contribution is 5.75. The lowest BCUT2D eigenvalue weighted by Gasteiger charge is -2.37. The molecular weight excluding hydrogens is 246 g/mol. The van der Waals surface area contributed by atoms with Gasteiger partial charge in [-0.1, -0.05) is 25.3 Å². The van der Waals surface area contributed by atoms with E-state index in [-0.39, 0.29) is 18.0 Å². The van der Waals surface area contributed by atoms with Gasteiger partial charge in [0.15, 0.2) is 0 Å². The van der Waals surface area contributed by atoms with Crippen molar-refractivity contribution in [2.45, 2.75) is 37.6 Å². The summed E-state index contributed by atoms with van der Waals surface area (Å²) in [6, 6.07) is 4.83. The number of hydrogen-bond acceptors (Lipinski definition) is 5. The Bertz CT molecular complexity index is 470. The number of rotatable bonds is 4. The fourth-order valence-corrected chi connectivity index (χ4v) is 2.70. The third-order valence-corrected chi connectivity index (χ3v) is 3.76. The first-order valence-electron chi connectivity index (χ1n) is 6.50. The topological polar surface area (TPSA) is 101 Å². The van der Waals surface area contributed by atoms with E-state index in [0.717, 1.165) is 32.1 Å². The van der Waals surface area contributed by atoms with Crippen LogP contribution in [-0.4, -0.2) is 22.2 Å². The van der Waals surface area contributed by atoms with Gasteiger partial charge in [-0.25, -0.2) is 0 Å². The smallest absolute Gasteiger partial charge is 0.314 e. The Labute approximate surface area is 111 Å². The van der Waals surface area contributed by atoms with Crippen LogP contribution in [0.4, 0.5) is 17.1 Å². The van der Waals surface area contributed by atoms with Crippen LogP contribution in [0.15, 0.2) is 18.2 Å². The van der Waals surface area contributed by atoms with E-state index in [2.05, 4.69) is 5.32 Å². The number of aliphatic hydroxyl groups excluding tert-OH is 1. The number of hydrogen-bond donors (Lipinski definition) is 3. The Kier molecular flexibility index (Phi) is 3.90. The molecule has 1 saturated carbocycles. The SMILES string of the molecule is Nc1cccc(NC2(CO)CCCCC2)c1[N+](=O)[O-]. The van der Waals surface area contributed by atoms with Crippen molar-refractivity contribution >= 4 is 17.1 Å². The van der Waals surface area contributed by atoms with Crippen molar-refractivity contribution in [3.63, 3.8) is 0 Å². The standard InChI is InChI=1S/C13H19N3O3/c14-10-5-4-6-11(12(10)16(18)19)15-13(9-17)7-2-1-3-8-13/h4-6,15,17H,1-3,7-9,14H2. The number of nitrogens with one attached hydrogen (secondary N) is 1. The van der Waals surface area contributed by atoms with Crippen LogP contribution in [0.25, 0.3) is 0 Å². The highest BCUT2D eigenvalue weighted by atomic mass is 16.6. The molecule has 104 valence electrons. The summed E-state index contributed by atoms with van der Waals surface area (Å²) in [6.07, 6.45) is 4.81. The molecule has 6 nitrogen and oxygen atoms in total. The lowest BCUT2D eigenvalue weighted by molar-refractivity contribution is -0.383. The number of nitrogens with two attached hydrogens (primary N) is 1. The van der Waals surface area contributed by atoms with Crippen molar-refractivity contribution in [1.82, 2.24) is 0 Å². The largest absolute Gasteiger partial charge is 0.394 e. The van der Waals surface area contributed by atoms with Gasteiger partial charge in [-0.3, -0.25) is 10.1 Å². The molecule has 0 spiro atoms. The third kappa shape index (κ3) is 2.78. The second kappa shape index (κ2) is 5.44. The van der Waals surface area contributed by atoms with Gasteiger partial charge in [0, 0.05) is 0 Å². The zero-order chi connectivity index (χ0) is 13.9. The molecular formula is C13H19N3O3. The van der Waals surface area contributed by atoms with E-state index in [0.29, 0.717) is 5.69 Å². The van der Waals surface area contributed by atoms with Crippen molar-refractivity contribution in [2.24, 2.45) is 0 Å². The predicted molar refractivity (Wildman–Crippen MR) is 74.0 cm³/mol. The maximum atomic E-state index is 11.1. The monoisotopic (exact) mass is 265 g/mol. The van der Waals surface area contributed by atoms with E-state index in [1.807, 2.05) is 0 Å². The summed E-state index contributed by atoms with van der Waals surface area (Å²) in [7, 11) is 0. The summed E-state index contributed by atoms with van der Waals surface area (Å²) in [5.41, 5.74) is 5.62. The summed E-state index contributed by atoms with van der Waals surface area (Å²) in [5.74, 6) is 0. The molecule has 1 aliphatic carbocycles. The minimum Gasteiger partial charge on any atom is -0.394 e. The zero-order valence-electron chi connectivity index (χ0n) is 10.8. The van der Waals surface area contributed by atoms with E-state index in [1.165, 1.54) is 6.07 Å². The van der Waals surface area contributed by atoms with Crippen molar-refractivity contribution in [3.8, 4) is 0 Å². The Morgan fingerprint density at radius 2 is 2.05 bits per heavy atom. The molecule has 0 aromatic heterocycles. The van der Waals surface area contributed by atoms with Crippen LogP contribution in [0, 0.1) is 10.1 Å². The Hall–Kier alpha value is -1.82. The van der Waals surface area contributed by atoms with Crippen LogP contribution >= 0.6 is 0 Å². The minimum absolute atomic E-state index is 0.0288. The first-order chi connectivity index (χ1) is 9.08. The number of anilines is 2. The van der Waals surface area contributed by atoms with Gasteiger partial charge in [0.25, 0.3) is 0 Å². The van der Waals surface area contributed by atoms with Gasteiger partial charge < -0.3 is 16.2 Å². The normalized spacial score (nSPS) is 17.9. The Balaban J connectivity index is 2.31. The van der Waals surface area contributed by atoms with Gasteiger partial charge in [-0.15, -0.1) is 0 Å². The van der Waals surface area contributed by atoms with E-state index in [1.54, 1.807) is 12.1 Å². The molecule has 6 heteroatoms. The average molecular weight is 265 g/mol. The first-order valence-corrected chi connectivity index (χ1v) is 6.50. The molecule has 0 radical (unpaired) electrons. The van der Waals surface area contributed by atoms with Crippen molar-refractivity contribution in [2.75, 3.05) is 17.7 Å². The molecule has 1 fully saturated rings. The summed E-state index contributed by atoms with van der Waals surface area (Å²) < 4.78 is 0. The maximum Gasteiger partial charge on any atom is 0.314 e. The molecule has 1 aromatic carbocycles. The van der Waals surface area contributed by atoms with Crippen LogP contribution in [0.5, 0.6) is 0 Å². The van der Waals surface area contributed by atoms with Crippen LogP contribution in [0.1, 0.15) is 32.1 Å². The van der Waals surface area contributed by atoms with Crippen LogP contribution in [0.3, 0.4) is 0 Å². The number of benzene rings is 1. The second-order valence-corrected chi connectivity index (χ2v) is 5.12. The lowest BCUT2D eigenvalue weighted by Crippen LogP contribution is -2.44. The van der Waals surface area contributed by atoms with Crippen LogP contribution in [-0.2, 0) is 0 Å². The number of para-hydroxylation sites is 1. The molecule has 0 aliphatic heterocycles. The Morgan fingerprint density at radius 3 is 2.63 bits per heavy atom. The molecule has 0 atom stereocenters. The van der Waals surface area contributed by atoms with Crippen molar-refractivity contribution in [1.29, 1.82) is 0 Å². The highest BCUT2D eigenvalue weighted by Gasteiger charge is 2.33. The zero-order valence-corrected chi connectivity index (χ0v) is 10.8. The summed E-state index contributed by atoms with van der Waals surface area (Å²) in [4.78, 5) is 10.6. The van der Waals surface area contributed by atoms with Crippen LogP contribution in [0.2, 0.25) is 0 Å². The highest BCUT2D eigenvalue weighted by Crippen LogP contribution is 2.37. The fraction of sp³-hybridized carbons (Fsp3) is 0.538. The molecule has 0 amide bonds. The average Bonchev–Trinajstić information content (AvgIpc) is 2.39. The lowest BCUT2D eigenvalue weighted by atomic mass is 9.82. The first kappa shape index (κ1) is 13.6. The molecule has 4 N–H and O–H groups in total. The van der Waals surface area contributed by atoms with Crippen LogP contribution < -0.4 is 11.1 Å². The number of nitro benzene ring substituents is 1. The van der Waals surface area contributed by atoms with Gasteiger partial charge in [0.1, 0.15) is 11.4 Å². The number of nitrogens with zero attached hydrogens (tertiary/aromatic N) is 1. The molecule has 1 aromatic rings. The van der Waals surface area contributed by atoms with E-state index < -0.39 is 10.5 Å². The van der Waals surface area contributed by atoms with Gasteiger partial charge in [0.2, 0.25) is 0 Å². The summed E-state index contributed by atoms with van der Waals surface area (Å²) in [6.45, 7) is -0.0288. The van der Waals surface area contributed by atoms with E-state index >= 15 is 0 Å². The molecule has 2 rings (SSSR count). The maximum absolute atomic E-state index is 11.1. The van der Waals surface area contributed by atoms with Gasteiger partial charge in [0.05, 0.1) is 17.1 Å². The molecule has 0 bridgehead atoms. The third-order valence-electron chi connectivity index (χ3n) is 3.76.